The number of carbonyl (C=O) groups is 1. The SMILES string of the molecule is CC(=O)O[C@H](C)CC1C=CC(C)(O)CC1. The summed E-state index contributed by atoms with van der Waals surface area (Å²) in [6.45, 7) is 5.15. The first-order chi connectivity index (χ1) is 6.89. The highest BCUT2D eigenvalue weighted by Crippen LogP contribution is 2.28. The molecule has 0 aromatic heterocycles. The van der Waals surface area contributed by atoms with Gasteiger partial charge in [-0.25, -0.2) is 0 Å². The number of esters is 1. The van der Waals surface area contributed by atoms with Crippen LogP contribution in [-0.2, 0) is 9.53 Å². The monoisotopic (exact) mass is 212 g/mol. The molecule has 1 aliphatic rings. The van der Waals surface area contributed by atoms with Crippen molar-refractivity contribution in [2.45, 2.75) is 51.7 Å². The average molecular weight is 212 g/mol. The summed E-state index contributed by atoms with van der Waals surface area (Å²) in [6, 6.07) is 0. The van der Waals surface area contributed by atoms with E-state index in [1.165, 1.54) is 6.92 Å². The van der Waals surface area contributed by atoms with Crippen molar-refractivity contribution in [2.75, 3.05) is 0 Å². The molecule has 15 heavy (non-hydrogen) atoms. The van der Waals surface area contributed by atoms with E-state index in [-0.39, 0.29) is 12.1 Å². The van der Waals surface area contributed by atoms with E-state index in [1.807, 2.05) is 26.0 Å². The molecule has 0 saturated carbocycles. The molecule has 1 aliphatic carbocycles. The Morgan fingerprint density at radius 1 is 1.73 bits per heavy atom. The van der Waals surface area contributed by atoms with Gasteiger partial charge < -0.3 is 9.84 Å². The summed E-state index contributed by atoms with van der Waals surface area (Å²) in [6.07, 6.45) is 6.41. The molecular weight excluding hydrogens is 192 g/mol. The third-order valence-electron chi connectivity index (χ3n) is 2.75. The summed E-state index contributed by atoms with van der Waals surface area (Å²) < 4.78 is 5.07. The molecule has 3 atom stereocenters. The van der Waals surface area contributed by atoms with Gasteiger partial charge in [0.15, 0.2) is 0 Å². The molecule has 1 N–H and O–H groups in total. The Morgan fingerprint density at radius 2 is 2.40 bits per heavy atom. The molecule has 0 bridgehead atoms. The highest BCUT2D eigenvalue weighted by Gasteiger charge is 2.24. The van der Waals surface area contributed by atoms with Crippen LogP contribution in [0.3, 0.4) is 0 Å². The fourth-order valence-electron chi connectivity index (χ4n) is 1.95. The van der Waals surface area contributed by atoms with E-state index in [4.69, 9.17) is 4.74 Å². The van der Waals surface area contributed by atoms with Gasteiger partial charge in [0.1, 0.15) is 0 Å². The summed E-state index contributed by atoms with van der Waals surface area (Å²) in [7, 11) is 0. The van der Waals surface area contributed by atoms with Gasteiger partial charge in [0.2, 0.25) is 0 Å². The van der Waals surface area contributed by atoms with Crippen LogP contribution < -0.4 is 0 Å². The van der Waals surface area contributed by atoms with E-state index in [2.05, 4.69) is 0 Å². The lowest BCUT2D eigenvalue weighted by Gasteiger charge is -2.28. The van der Waals surface area contributed by atoms with E-state index >= 15 is 0 Å². The number of hydrogen-bond donors (Lipinski definition) is 1. The number of aliphatic hydroxyl groups is 1. The largest absolute Gasteiger partial charge is 0.463 e. The van der Waals surface area contributed by atoms with Crippen LogP contribution in [0.2, 0.25) is 0 Å². The predicted molar refractivity (Wildman–Crippen MR) is 58.3 cm³/mol. The lowest BCUT2D eigenvalue weighted by atomic mass is 9.84. The number of hydrogen-bond acceptors (Lipinski definition) is 3. The van der Waals surface area contributed by atoms with Gasteiger partial charge in [-0.05, 0) is 39.0 Å². The molecule has 0 spiro atoms. The minimum Gasteiger partial charge on any atom is -0.463 e. The second kappa shape index (κ2) is 4.79. The molecule has 0 heterocycles. The maximum Gasteiger partial charge on any atom is 0.302 e. The molecule has 2 unspecified atom stereocenters. The van der Waals surface area contributed by atoms with Gasteiger partial charge in [-0.2, -0.15) is 0 Å². The lowest BCUT2D eigenvalue weighted by Crippen LogP contribution is -2.27. The fourth-order valence-corrected chi connectivity index (χ4v) is 1.95. The summed E-state index contributed by atoms with van der Waals surface area (Å²) in [5, 5.41) is 9.70. The van der Waals surface area contributed by atoms with E-state index in [0.717, 1.165) is 19.3 Å². The zero-order chi connectivity index (χ0) is 11.5. The van der Waals surface area contributed by atoms with E-state index in [0.29, 0.717) is 5.92 Å². The smallest absolute Gasteiger partial charge is 0.302 e. The molecule has 3 heteroatoms. The molecule has 1 rings (SSSR count). The van der Waals surface area contributed by atoms with Crippen LogP contribution in [0.25, 0.3) is 0 Å². The topological polar surface area (TPSA) is 46.5 Å². The molecular formula is C12H20O3. The third-order valence-corrected chi connectivity index (χ3v) is 2.75. The van der Waals surface area contributed by atoms with Crippen molar-refractivity contribution in [3.8, 4) is 0 Å². The van der Waals surface area contributed by atoms with Gasteiger partial charge in [0.25, 0.3) is 0 Å². The first kappa shape index (κ1) is 12.2. The van der Waals surface area contributed by atoms with Crippen molar-refractivity contribution < 1.29 is 14.6 Å². The van der Waals surface area contributed by atoms with Crippen LogP contribution in [0, 0.1) is 5.92 Å². The van der Waals surface area contributed by atoms with Crippen molar-refractivity contribution in [3.63, 3.8) is 0 Å². The minimum atomic E-state index is -0.652. The Bertz CT molecular complexity index is 256. The van der Waals surface area contributed by atoms with Crippen LogP contribution in [0.1, 0.15) is 40.0 Å². The molecule has 0 saturated heterocycles. The molecule has 0 aliphatic heterocycles. The molecule has 0 aromatic carbocycles. The highest BCUT2D eigenvalue weighted by atomic mass is 16.5. The zero-order valence-electron chi connectivity index (χ0n) is 9.69. The van der Waals surface area contributed by atoms with Crippen molar-refractivity contribution in [2.24, 2.45) is 5.92 Å². The first-order valence-electron chi connectivity index (χ1n) is 5.48. The third kappa shape index (κ3) is 4.47. The summed E-state index contributed by atoms with van der Waals surface area (Å²) in [4.78, 5) is 10.7. The Hall–Kier alpha value is -0.830. The van der Waals surface area contributed by atoms with Crippen molar-refractivity contribution in [3.05, 3.63) is 12.2 Å². The normalized spacial score (nSPS) is 32.4. The quantitative estimate of drug-likeness (QED) is 0.575. The van der Waals surface area contributed by atoms with Crippen LogP contribution in [0.4, 0.5) is 0 Å². The Morgan fingerprint density at radius 3 is 2.87 bits per heavy atom. The second-order valence-electron chi connectivity index (χ2n) is 4.67. The number of allylic oxidation sites excluding steroid dienone is 1. The second-order valence-corrected chi connectivity index (χ2v) is 4.67. The molecule has 3 nitrogen and oxygen atoms in total. The van der Waals surface area contributed by atoms with Crippen molar-refractivity contribution >= 4 is 5.97 Å². The van der Waals surface area contributed by atoms with Gasteiger partial charge >= 0.3 is 5.97 Å². The first-order valence-corrected chi connectivity index (χ1v) is 5.48. The number of carbonyl (C=O) groups excluding carboxylic acids is 1. The van der Waals surface area contributed by atoms with E-state index in [1.54, 1.807) is 0 Å². The van der Waals surface area contributed by atoms with Gasteiger partial charge in [0, 0.05) is 6.92 Å². The van der Waals surface area contributed by atoms with Gasteiger partial charge in [0.05, 0.1) is 11.7 Å². The lowest BCUT2D eigenvalue weighted by molar-refractivity contribution is -0.146. The van der Waals surface area contributed by atoms with Crippen LogP contribution in [0.5, 0.6) is 0 Å². The molecule has 0 radical (unpaired) electrons. The zero-order valence-corrected chi connectivity index (χ0v) is 9.69. The van der Waals surface area contributed by atoms with E-state index < -0.39 is 5.60 Å². The Balaban J connectivity index is 2.38. The summed E-state index contributed by atoms with van der Waals surface area (Å²) in [5.74, 6) is 0.189. The standard InChI is InChI=1S/C12H20O3/c1-9(15-10(2)13)8-11-4-6-12(3,14)7-5-11/h4,6,9,11,14H,5,7-8H2,1-3H3/t9-,11?,12?/m1/s1. The Labute approximate surface area is 91.1 Å². The van der Waals surface area contributed by atoms with Crippen LogP contribution in [-0.4, -0.2) is 22.8 Å². The maximum atomic E-state index is 10.7. The van der Waals surface area contributed by atoms with Crippen molar-refractivity contribution in [1.29, 1.82) is 0 Å². The van der Waals surface area contributed by atoms with Crippen LogP contribution >= 0.6 is 0 Å². The molecule has 0 amide bonds. The predicted octanol–water partition coefficient (Wildman–Crippen LogP) is 2.05. The van der Waals surface area contributed by atoms with Gasteiger partial charge in [-0.1, -0.05) is 12.2 Å². The molecule has 0 aromatic rings. The van der Waals surface area contributed by atoms with Gasteiger partial charge in [-0.3, -0.25) is 4.79 Å². The Kier molecular flexibility index (Phi) is 3.91. The number of rotatable bonds is 3. The highest BCUT2D eigenvalue weighted by molar-refractivity contribution is 5.66. The van der Waals surface area contributed by atoms with Crippen LogP contribution in [0.15, 0.2) is 12.2 Å². The fraction of sp³-hybridized carbons (Fsp3) is 0.750. The van der Waals surface area contributed by atoms with Gasteiger partial charge in [-0.15, -0.1) is 0 Å². The maximum absolute atomic E-state index is 10.7. The summed E-state index contributed by atoms with van der Waals surface area (Å²) in [5.41, 5.74) is -0.652. The average Bonchev–Trinajstić information content (AvgIpc) is 2.07. The summed E-state index contributed by atoms with van der Waals surface area (Å²) >= 11 is 0. The van der Waals surface area contributed by atoms with Crippen molar-refractivity contribution in [1.82, 2.24) is 0 Å². The molecule has 86 valence electrons. The minimum absolute atomic E-state index is 0.0415. The molecule has 0 fully saturated rings. The number of ether oxygens (including phenoxy) is 1. The van der Waals surface area contributed by atoms with E-state index in [9.17, 15) is 9.90 Å².